The van der Waals surface area contributed by atoms with E-state index in [4.69, 9.17) is 14.2 Å². The standard InChI is InChI=1S/C20H18N2O5/c1-22-8-7-14-15(20(22)24)3-2-4-16(14)25-11-19(23)21-10-13-5-6-17-18(9-13)27-12-26-17/h2-9H,10-12H2,1H3,(H,21,23). The molecule has 0 spiro atoms. The summed E-state index contributed by atoms with van der Waals surface area (Å²) in [7, 11) is 1.69. The zero-order chi connectivity index (χ0) is 18.8. The number of benzene rings is 2. The Balaban J connectivity index is 1.39. The number of nitrogens with zero attached hydrogens (tertiary/aromatic N) is 1. The largest absolute Gasteiger partial charge is 0.483 e. The van der Waals surface area contributed by atoms with Gasteiger partial charge in [0.25, 0.3) is 11.5 Å². The van der Waals surface area contributed by atoms with Crippen molar-refractivity contribution in [2.24, 2.45) is 7.05 Å². The number of amides is 1. The molecule has 138 valence electrons. The van der Waals surface area contributed by atoms with Gasteiger partial charge in [-0.25, -0.2) is 0 Å². The zero-order valence-corrected chi connectivity index (χ0v) is 14.7. The highest BCUT2D eigenvalue weighted by Crippen LogP contribution is 2.32. The Hall–Kier alpha value is -3.48. The molecule has 2 aromatic carbocycles. The van der Waals surface area contributed by atoms with Crippen molar-refractivity contribution in [3.8, 4) is 17.2 Å². The van der Waals surface area contributed by atoms with Crippen LogP contribution >= 0.6 is 0 Å². The SMILES string of the molecule is Cn1ccc2c(OCC(=O)NCc3ccc4c(c3)OCO4)cccc2c1=O. The highest BCUT2D eigenvalue weighted by molar-refractivity contribution is 5.88. The third kappa shape index (κ3) is 3.44. The van der Waals surface area contributed by atoms with Gasteiger partial charge in [-0.3, -0.25) is 9.59 Å². The maximum atomic E-state index is 12.2. The van der Waals surface area contributed by atoms with Crippen LogP contribution in [-0.4, -0.2) is 23.9 Å². The third-order valence-corrected chi connectivity index (χ3v) is 4.37. The van der Waals surface area contributed by atoms with Gasteiger partial charge in [-0.1, -0.05) is 12.1 Å². The molecule has 0 saturated carbocycles. The lowest BCUT2D eigenvalue weighted by Gasteiger charge is -2.10. The average Bonchev–Trinajstić information content (AvgIpc) is 3.15. The number of aromatic nitrogens is 1. The van der Waals surface area contributed by atoms with E-state index in [0.717, 1.165) is 5.56 Å². The van der Waals surface area contributed by atoms with Crippen LogP contribution in [0.1, 0.15) is 5.56 Å². The van der Waals surface area contributed by atoms with Gasteiger partial charge in [0.1, 0.15) is 5.75 Å². The molecule has 1 amide bonds. The van der Waals surface area contributed by atoms with Gasteiger partial charge in [-0.05, 0) is 35.9 Å². The first-order valence-corrected chi connectivity index (χ1v) is 8.48. The Morgan fingerprint density at radius 2 is 2.00 bits per heavy atom. The lowest BCUT2D eigenvalue weighted by Crippen LogP contribution is -2.28. The fraction of sp³-hybridized carbons (Fsp3) is 0.200. The molecule has 0 radical (unpaired) electrons. The molecule has 27 heavy (non-hydrogen) atoms. The van der Waals surface area contributed by atoms with Crippen LogP contribution in [0.4, 0.5) is 0 Å². The summed E-state index contributed by atoms with van der Waals surface area (Å²) in [5, 5.41) is 4.04. The van der Waals surface area contributed by atoms with Crippen molar-refractivity contribution in [1.82, 2.24) is 9.88 Å². The molecular formula is C20H18N2O5. The molecule has 1 aliphatic heterocycles. The molecule has 7 nitrogen and oxygen atoms in total. The van der Waals surface area contributed by atoms with E-state index in [1.807, 2.05) is 18.2 Å². The van der Waals surface area contributed by atoms with Gasteiger partial charge in [0.15, 0.2) is 18.1 Å². The molecule has 2 heterocycles. The monoisotopic (exact) mass is 366 g/mol. The molecule has 1 N–H and O–H groups in total. The van der Waals surface area contributed by atoms with Crippen LogP contribution in [0.15, 0.2) is 53.5 Å². The Morgan fingerprint density at radius 3 is 2.89 bits per heavy atom. The van der Waals surface area contributed by atoms with Gasteiger partial charge in [-0.2, -0.15) is 0 Å². The smallest absolute Gasteiger partial charge is 0.258 e. The van der Waals surface area contributed by atoms with Crippen LogP contribution < -0.4 is 25.1 Å². The third-order valence-electron chi connectivity index (χ3n) is 4.37. The molecule has 1 aliphatic rings. The summed E-state index contributed by atoms with van der Waals surface area (Å²) in [4.78, 5) is 24.3. The Bertz CT molecular complexity index is 1070. The summed E-state index contributed by atoms with van der Waals surface area (Å²) < 4.78 is 17.7. The van der Waals surface area contributed by atoms with Crippen molar-refractivity contribution in [3.05, 3.63) is 64.6 Å². The summed E-state index contributed by atoms with van der Waals surface area (Å²) in [6.45, 7) is 0.431. The van der Waals surface area contributed by atoms with E-state index in [1.54, 1.807) is 37.5 Å². The van der Waals surface area contributed by atoms with Gasteiger partial charge in [0.05, 0.1) is 5.39 Å². The lowest BCUT2D eigenvalue weighted by molar-refractivity contribution is -0.123. The number of rotatable bonds is 5. The van der Waals surface area contributed by atoms with Crippen molar-refractivity contribution in [2.75, 3.05) is 13.4 Å². The molecule has 0 saturated heterocycles. The number of pyridine rings is 1. The topological polar surface area (TPSA) is 78.8 Å². The fourth-order valence-corrected chi connectivity index (χ4v) is 2.92. The summed E-state index contributed by atoms with van der Waals surface area (Å²) >= 11 is 0. The highest BCUT2D eigenvalue weighted by atomic mass is 16.7. The molecule has 0 atom stereocenters. The predicted octanol–water partition coefficient (Wildman–Crippen LogP) is 1.96. The first-order chi connectivity index (χ1) is 13.1. The number of hydrogen-bond donors (Lipinski definition) is 1. The minimum atomic E-state index is -0.256. The number of carbonyl (C=O) groups is 1. The van der Waals surface area contributed by atoms with Crippen LogP contribution in [0.3, 0.4) is 0 Å². The van der Waals surface area contributed by atoms with Gasteiger partial charge in [-0.15, -0.1) is 0 Å². The first kappa shape index (κ1) is 17.0. The summed E-state index contributed by atoms with van der Waals surface area (Å²) in [5.74, 6) is 1.63. The number of hydrogen-bond acceptors (Lipinski definition) is 5. The van der Waals surface area contributed by atoms with Crippen LogP contribution in [0.5, 0.6) is 17.2 Å². The lowest BCUT2D eigenvalue weighted by atomic mass is 10.1. The van der Waals surface area contributed by atoms with E-state index in [0.29, 0.717) is 34.6 Å². The van der Waals surface area contributed by atoms with Crippen molar-refractivity contribution in [3.63, 3.8) is 0 Å². The quantitative estimate of drug-likeness (QED) is 0.747. The Labute approximate surface area is 155 Å². The molecule has 4 rings (SSSR count). The van der Waals surface area contributed by atoms with Crippen molar-refractivity contribution in [2.45, 2.75) is 6.54 Å². The maximum Gasteiger partial charge on any atom is 0.258 e. The minimum absolute atomic E-state index is 0.106. The molecule has 3 aromatic rings. The number of carbonyl (C=O) groups excluding carboxylic acids is 1. The van der Waals surface area contributed by atoms with Gasteiger partial charge >= 0.3 is 0 Å². The second kappa shape index (κ2) is 7.03. The van der Waals surface area contributed by atoms with E-state index >= 15 is 0 Å². The summed E-state index contributed by atoms with van der Waals surface area (Å²) in [6, 6.07) is 12.5. The van der Waals surface area contributed by atoms with E-state index < -0.39 is 0 Å². The predicted molar refractivity (Wildman–Crippen MR) is 99.1 cm³/mol. The number of fused-ring (bicyclic) bond motifs is 2. The second-order valence-electron chi connectivity index (χ2n) is 6.20. The van der Waals surface area contributed by atoms with E-state index in [9.17, 15) is 9.59 Å². The van der Waals surface area contributed by atoms with Gasteiger partial charge < -0.3 is 24.1 Å². The van der Waals surface area contributed by atoms with Crippen molar-refractivity contribution in [1.29, 1.82) is 0 Å². The summed E-state index contributed by atoms with van der Waals surface area (Å²) in [6.07, 6.45) is 1.68. The Morgan fingerprint density at radius 1 is 1.15 bits per heavy atom. The van der Waals surface area contributed by atoms with E-state index in [2.05, 4.69) is 5.32 Å². The first-order valence-electron chi connectivity index (χ1n) is 8.48. The van der Waals surface area contributed by atoms with Crippen LogP contribution in [-0.2, 0) is 18.4 Å². The molecular weight excluding hydrogens is 348 g/mol. The van der Waals surface area contributed by atoms with Gasteiger partial charge in [0.2, 0.25) is 6.79 Å². The van der Waals surface area contributed by atoms with Crippen LogP contribution in [0.25, 0.3) is 10.8 Å². The second-order valence-corrected chi connectivity index (χ2v) is 6.20. The number of ether oxygens (including phenoxy) is 3. The van der Waals surface area contributed by atoms with Gasteiger partial charge in [0, 0.05) is 25.2 Å². The molecule has 7 heteroatoms. The molecule has 0 fully saturated rings. The molecule has 0 unspecified atom stereocenters. The maximum absolute atomic E-state index is 12.2. The highest BCUT2D eigenvalue weighted by Gasteiger charge is 2.13. The normalized spacial score (nSPS) is 12.2. The Kier molecular flexibility index (Phi) is 4.42. The number of aryl methyl sites for hydroxylation is 1. The zero-order valence-electron chi connectivity index (χ0n) is 14.7. The average molecular weight is 366 g/mol. The molecule has 0 bridgehead atoms. The number of nitrogens with one attached hydrogen (secondary N) is 1. The van der Waals surface area contributed by atoms with Crippen molar-refractivity contribution < 1.29 is 19.0 Å². The summed E-state index contributed by atoms with van der Waals surface area (Å²) in [5.41, 5.74) is 0.798. The van der Waals surface area contributed by atoms with E-state index in [1.165, 1.54) is 4.57 Å². The van der Waals surface area contributed by atoms with E-state index in [-0.39, 0.29) is 24.9 Å². The molecule has 1 aromatic heterocycles. The molecule has 0 aliphatic carbocycles. The van der Waals surface area contributed by atoms with Crippen LogP contribution in [0, 0.1) is 0 Å². The fourth-order valence-electron chi connectivity index (χ4n) is 2.92. The minimum Gasteiger partial charge on any atom is -0.483 e. The van der Waals surface area contributed by atoms with Crippen molar-refractivity contribution >= 4 is 16.7 Å². The van der Waals surface area contributed by atoms with Crippen LogP contribution in [0.2, 0.25) is 0 Å².